The molecule has 0 aromatic rings. The largest absolute Gasteiger partial charge is 0.433 e. The second-order valence-corrected chi connectivity index (χ2v) is 3.03. The van der Waals surface area contributed by atoms with Crippen molar-refractivity contribution in [2.24, 2.45) is 9.98 Å². The average Bonchev–Trinajstić information content (AvgIpc) is 2.29. The molecule has 0 spiro atoms. The molecule has 1 amide bonds. The molecule has 100 valence electrons. The molecule has 0 atom stereocenters. The van der Waals surface area contributed by atoms with Crippen molar-refractivity contribution in [3.8, 4) is 0 Å². The van der Waals surface area contributed by atoms with Crippen molar-refractivity contribution >= 4 is 17.5 Å². The first-order valence-electron chi connectivity index (χ1n) is 5.01. The highest BCUT2D eigenvalue weighted by Crippen LogP contribution is 2.18. The summed E-state index contributed by atoms with van der Waals surface area (Å²) in [4.78, 5) is 18.0. The fourth-order valence-corrected chi connectivity index (χ4v) is 0.890. The molecule has 0 heterocycles. The quantitative estimate of drug-likeness (QED) is 0.471. The minimum absolute atomic E-state index is 0.194. The number of hydrogen-bond acceptors (Lipinski definition) is 2. The molecule has 0 aliphatic carbocycles. The van der Waals surface area contributed by atoms with E-state index in [-0.39, 0.29) is 6.54 Å². The number of nitrogens with one attached hydrogen (secondary N) is 1. The van der Waals surface area contributed by atoms with Crippen LogP contribution in [0.15, 0.2) is 34.8 Å². The Morgan fingerprint density at radius 3 is 2.44 bits per heavy atom. The Labute approximate surface area is 103 Å². The Balaban J connectivity index is 4.95. The van der Waals surface area contributed by atoms with Crippen molar-refractivity contribution in [1.82, 2.24) is 5.32 Å². The van der Waals surface area contributed by atoms with Crippen LogP contribution < -0.4 is 5.32 Å². The van der Waals surface area contributed by atoms with Crippen LogP contribution in [0.3, 0.4) is 0 Å². The first kappa shape index (κ1) is 16.1. The smallest absolute Gasteiger partial charge is 0.346 e. The van der Waals surface area contributed by atoms with Crippen LogP contribution in [0, 0.1) is 0 Å². The highest BCUT2D eigenvalue weighted by atomic mass is 19.4. The van der Waals surface area contributed by atoms with Crippen LogP contribution in [0.5, 0.6) is 0 Å². The normalized spacial score (nSPS) is 13.8. The highest BCUT2D eigenvalue weighted by Gasteiger charge is 2.34. The van der Waals surface area contributed by atoms with Crippen LogP contribution in [0.4, 0.5) is 13.2 Å². The molecule has 0 aliphatic rings. The van der Waals surface area contributed by atoms with Gasteiger partial charge < -0.3 is 5.32 Å². The number of alkyl halides is 3. The lowest BCUT2D eigenvalue weighted by molar-refractivity contribution is -0.114. The summed E-state index contributed by atoms with van der Waals surface area (Å²) < 4.78 is 37.2. The average molecular weight is 261 g/mol. The summed E-state index contributed by atoms with van der Waals surface area (Å²) in [5.41, 5.74) is -1.26. The monoisotopic (exact) mass is 261 g/mol. The zero-order chi connectivity index (χ0) is 14.2. The van der Waals surface area contributed by atoms with Crippen molar-refractivity contribution < 1.29 is 18.0 Å². The predicted octanol–water partition coefficient (Wildman–Crippen LogP) is 1.90. The van der Waals surface area contributed by atoms with Gasteiger partial charge in [0.05, 0.1) is 0 Å². The van der Waals surface area contributed by atoms with Gasteiger partial charge in [0.15, 0.2) is 0 Å². The van der Waals surface area contributed by atoms with Crippen LogP contribution in [0.25, 0.3) is 0 Å². The van der Waals surface area contributed by atoms with Gasteiger partial charge in [-0.2, -0.15) is 13.2 Å². The fourth-order valence-electron chi connectivity index (χ4n) is 0.890. The maximum absolute atomic E-state index is 12.4. The Hall–Kier alpha value is -1.92. The van der Waals surface area contributed by atoms with Gasteiger partial charge in [-0.3, -0.25) is 9.79 Å². The van der Waals surface area contributed by atoms with Gasteiger partial charge in [-0.25, -0.2) is 4.99 Å². The number of carbonyl (C=O) groups is 1. The number of halogens is 3. The van der Waals surface area contributed by atoms with E-state index in [0.29, 0.717) is 6.08 Å². The molecule has 0 rings (SSSR count). The Kier molecular flexibility index (Phi) is 6.62. The molecule has 0 aromatic heterocycles. The van der Waals surface area contributed by atoms with Gasteiger partial charge in [-0.15, -0.1) is 0 Å². The summed E-state index contributed by atoms with van der Waals surface area (Å²) in [6.45, 7) is 4.94. The van der Waals surface area contributed by atoms with Crippen molar-refractivity contribution in [2.75, 3.05) is 13.6 Å². The predicted molar refractivity (Wildman–Crippen MR) is 64.9 cm³/mol. The van der Waals surface area contributed by atoms with Crippen LogP contribution in [-0.2, 0) is 4.79 Å². The van der Waals surface area contributed by atoms with Crippen LogP contribution in [0.1, 0.15) is 6.92 Å². The first-order chi connectivity index (χ1) is 8.36. The van der Waals surface area contributed by atoms with E-state index in [1.165, 1.54) is 7.05 Å². The van der Waals surface area contributed by atoms with Gasteiger partial charge in [-0.05, 0) is 13.0 Å². The zero-order valence-corrected chi connectivity index (χ0v) is 10.1. The van der Waals surface area contributed by atoms with Gasteiger partial charge in [-0.1, -0.05) is 18.7 Å². The second kappa shape index (κ2) is 7.41. The summed E-state index contributed by atoms with van der Waals surface area (Å²) >= 11 is 0. The van der Waals surface area contributed by atoms with E-state index >= 15 is 0 Å². The summed E-state index contributed by atoms with van der Waals surface area (Å²) in [5, 5.41) is 2.35. The summed E-state index contributed by atoms with van der Waals surface area (Å²) in [7, 11) is 1.19. The van der Waals surface area contributed by atoms with E-state index in [9.17, 15) is 18.0 Å². The Morgan fingerprint density at radius 2 is 2.06 bits per heavy atom. The number of amides is 1. The van der Waals surface area contributed by atoms with E-state index in [4.69, 9.17) is 0 Å². The molecule has 0 bridgehead atoms. The lowest BCUT2D eigenvalue weighted by atomic mass is 10.3. The Bertz CT molecular complexity index is 395. The van der Waals surface area contributed by atoms with Crippen molar-refractivity contribution in [2.45, 2.75) is 13.1 Å². The topological polar surface area (TPSA) is 53.8 Å². The third kappa shape index (κ3) is 5.42. The maximum atomic E-state index is 12.4. The number of hydrogen-bond donors (Lipinski definition) is 1. The van der Waals surface area contributed by atoms with Gasteiger partial charge in [0.2, 0.25) is 5.84 Å². The van der Waals surface area contributed by atoms with Gasteiger partial charge in [0, 0.05) is 13.6 Å². The van der Waals surface area contributed by atoms with Crippen molar-refractivity contribution in [1.29, 1.82) is 0 Å². The Morgan fingerprint density at radius 1 is 1.44 bits per heavy atom. The fraction of sp³-hybridized carbons (Fsp3) is 0.364. The molecule has 0 saturated carbocycles. The molecule has 1 N–H and O–H groups in total. The number of carbonyl (C=O) groups excluding carboxylic acids is 1. The molecular weight excluding hydrogens is 247 g/mol. The van der Waals surface area contributed by atoms with Crippen molar-refractivity contribution in [3.05, 3.63) is 24.8 Å². The lowest BCUT2D eigenvalue weighted by Gasteiger charge is -2.07. The third-order valence-electron chi connectivity index (χ3n) is 1.74. The van der Waals surface area contributed by atoms with Crippen LogP contribution in [-0.4, -0.2) is 37.2 Å². The van der Waals surface area contributed by atoms with Crippen LogP contribution in [0.2, 0.25) is 0 Å². The molecule has 0 unspecified atom stereocenters. The molecule has 7 heteroatoms. The third-order valence-corrected chi connectivity index (χ3v) is 1.74. The molecule has 0 aliphatic heterocycles. The lowest BCUT2D eigenvalue weighted by Crippen LogP contribution is -2.32. The molecule has 4 nitrogen and oxygen atoms in total. The first-order valence-corrected chi connectivity index (χ1v) is 5.01. The molecule has 18 heavy (non-hydrogen) atoms. The molecule has 0 fully saturated rings. The standard InChI is InChI=1S/C11H14F3N3O/c1-4-6-7-16-10(18)9(15-3)17-8(5-2)11(12,13)14/h4-6H,2,7H2,1,3H3,(H,16,18)/b6-4+,15-9?,17-8?. The van der Waals surface area contributed by atoms with Gasteiger partial charge in [0.1, 0.15) is 5.71 Å². The number of allylic oxidation sites excluding steroid dienone is 2. The molecular formula is C11H14F3N3O. The summed E-state index contributed by atoms with van der Waals surface area (Å²) in [6.07, 6.45) is -0.810. The highest BCUT2D eigenvalue weighted by molar-refractivity contribution is 6.40. The van der Waals surface area contributed by atoms with E-state index in [1.807, 2.05) is 0 Å². The van der Waals surface area contributed by atoms with E-state index in [1.54, 1.807) is 19.1 Å². The number of amidine groups is 1. The SMILES string of the molecule is C=CC(=NC(=NC)C(=O)NC/C=C/C)C(F)(F)F. The molecule has 0 saturated heterocycles. The minimum atomic E-state index is -4.67. The van der Waals surface area contributed by atoms with Gasteiger partial charge >= 0.3 is 6.18 Å². The van der Waals surface area contributed by atoms with Crippen molar-refractivity contribution in [3.63, 3.8) is 0 Å². The van der Waals surface area contributed by atoms with Crippen LogP contribution >= 0.6 is 0 Å². The van der Waals surface area contributed by atoms with E-state index in [2.05, 4.69) is 21.9 Å². The number of rotatable bonds is 3. The number of aliphatic imine (C=N–C) groups is 2. The number of nitrogens with zero attached hydrogens (tertiary/aromatic N) is 2. The summed E-state index contributed by atoms with van der Waals surface area (Å²) in [5.74, 6) is -1.33. The zero-order valence-electron chi connectivity index (χ0n) is 10.1. The minimum Gasteiger partial charge on any atom is -0.346 e. The summed E-state index contributed by atoms with van der Waals surface area (Å²) in [6, 6.07) is 0. The van der Waals surface area contributed by atoms with E-state index < -0.39 is 23.6 Å². The van der Waals surface area contributed by atoms with E-state index in [0.717, 1.165) is 0 Å². The molecule has 0 aromatic carbocycles. The second-order valence-electron chi connectivity index (χ2n) is 3.03. The van der Waals surface area contributed by atoms with Gasteiger partial charge in [0.25, 0.3) is 5.91 Å². The molecule has 0 radical (unpaired) electrons. The maximum Gasteiger partial charge on any atom is 0.433 e.